The van der Waals surface area contributed by atoms with Crippen LogP contribution in [0.2, 0.25) is 0 Å². The van der Waals surface area contributed by atoms with Crippen molar-refractivity contribution in [2.24, 2.45) is 5.92 Å². The summed E-state index contributed by atoms with van der Waals surface area (Å²) in [7, 11) is 0. The van der Waals surface area contributed by atoms with Crippen LogP contribution < -0.4 is 0 Å². The standard InChI is InChI=1S/C14H13F3O3S/c1-8(7-18)13(21-9(2)19)12(20)10-4-3-5-11(6-10)14(15,16)17/h3-8,13H,1-2H3. The molecule has 0 aliphatic carbocycles. The van der Waals surface area contributed by atoms with Crippen molar-refractivity contribution >= 4 is 28.9 Å². The maximum atomic E-state index is 12.6. The number of alkyl halides is 3. The fraction of sp³-hybridized carbons (Fsp3) is 0.357. The van der Waals surface area contributed by atoms with Crippen molar-refractivity contribution in [2.45, 2.75) is 25.3 Å². The highest BCUT2D eigenvalue weighted by molar-refractivity contribution is 8.14. The number of halogens is 3. The third kappa shape index (κ3) is 4.70. The summed E-state index contributed by atoms with van der Waals surface area (Å²) >= 11 is 0.648. The van der Waals surface area contributed by atoms with Crippen molar-refractivity contribution in [1.82, 2.24) is 0 Å². The molecule has 0 aliphatic rings. The van der Waals surface area contributed by atoms with Crippen LogP contribution in [0, 0.1) is 5.92 Å². The zero-order valence-corrected chi connectivity index (χ0v) is 12.1. The van der Waals surface area contributed by atoms with Crippen LogP contribution in [0.3, 0.4) is 0 Å². The Morgan fingerprint density at radius 2 is 1.90 bits per heavy atom. The van der Waals surface area contributed by atoms with Gasteiger partial charge in [0.15, 0.2) is 10.9 Å². The second kappa shape index (κ2) is 6.89. The zero-order valence-electron chi connectivity index (χ0n) is 11.3. The van der Waals surface area contributed by atoms with Gasteiger partial charge in [0.2, 0.25) is 0 Å². The molecule has 0 N–H and O–H groups in total. The SMILES string of the molecule is CC(=O)SC(C(=O)c1cccc(C(F)(F)F)c1)C(C)C=O. The monoisotopic (exact) mass is 318 g/mol. The molecule has 114 valence electrons. The molecule has 0 bridgehead atoms. The third-order valence-electron chi connectivity index (χ3n) is 2.72. The maximum absolute atomic E-state index is 12.6. The minimum absolute atomic E-state index is 0.169. The molecular formula is C14H13F3O3S. The Hall–Kier alpha value is -1.63. The predicted molar refractivity (Wildman–Crippen MR) is 73.1 cm³/mol. The molecule has 3 nitrogen and oxygen atoms in total. The lowest BCUT2D eigenvalue weighted by Crippen LogP contribution is -2.27. The Bertz CT molecular complexity index is 555. The highest BCUT2D eigenvalue weighted by Gasteiger charge is 2.33. The van der Waals surface area contributed by atoms with E-state index in [1.54, 1.807) is 0 Å². The van der Waals surface area contributed by atoms with E-state index in [2.05, 4.69) is 0 Å². The predicted octanol–water partition coefficient (Wildman–Crippen LogP) is 3.37. The van der Waals surface area contributed by atoms with E-state index in [4.69, 9.17) is 0 Å². The van der Waals surface area contributed by atoms with Crippen LogP contribution >= 0.6 is 11.8 Å². The highest BCUT2D eigenvalue weighted by atomic mass is 32.2. The summed E-state index contributed by atoms with van der Waals surface area (Å²) in [5, 5.41) is -1.41. The van der Waals surface area contributed by atoms with E-state index >= 15 is 0 Å². The molecule has 0 aliphatic heterocycles. The van der Waals surface area contributed by atoms with Crippen LogP contribution in [0.25, 0.3) is 0 Å². The van der Waals surface area contributed by atoms with E-state index in [0.29, 0.717) is 18.0 Å². The number of thioether (sulfide) groups is 1. The topological polar surface area (TPSA) is 51.2 Å². The Labute approximate surface area is 123 Å². The van der Waals surface area contributed by atoms with Gasteiger partial charge >= 0.3 is 6.18 Å². The van der Waals surface area contributed by atoms with Gasteiger partial charge in [0.05, 0.1) is 10.8 Å². The lowest BCUT2D eigenvalue weighted by Gasteiger charge is -2.17. The molecular weight excluding hydrogens is 305 g/mol. The molecule has 1 aromatic carbocycles. The van der Waals surface area contributed by atoms with Crippen molar-refractivity contribution < 1.29 is 27.6 Å². The van der Waals surface area contributed by atoms with Crippen molar-refractivity contribution in [2.75, 3.05) is 0 Å². The number of rotatable bonds is 5. The molecule has 0 aromatic heterocycles. The summed E-state index contributed by atoms with van der Waals surface area (Å²) in [6, 6.07) is 3.94. The van der Waals surface area contributed by atoms with Crippen LogP contribution in [0.1, 0.15) is 29.8 Å². The minimum Gasteiger partial charge on any atom is -0.303 e. The van der Waals surface area contributed by atoms with E-state index in [1.165, 1.54) is 19.9 Å². The normalized spacial score (nSPS) is 14.3. The molecule has 21 heavy (non-hydrogen) atoms. The molecule has 0 spiro atoms. The number of hydrogen-bond acceptors (Lipinski definition) is 4. The summed E-state index contributed by atoms with van der Waals surface area (Å²) in [5.41, 5.74) is -1.11. The van der Waals surface area contributed by atoms with E-state index in [0.717, 1.165) is 18.2 Å². The summed E-state index contributed by atoms with van der Waals surface area (Å²) in [6.45, 7) is 2.67. The van der Waals surface area contributed by atoms with Crippen molar-refractivity contribution in [1.29, 1.82) is 0 Å². The van der Waals surface area contributed by atoms with Gasteiger partial charge in [-0.25, -0.2) is 0 Å². The molecule has 0 fully saturated rings. The molecule has 0 heterocycles. The number of carbonyl (C=O) groups is 3. The molecule has 0 saturated carbocycles. The third-order valence-corrected chi connectivity index (χ3v) is 3.95. The molecule has 7 heteroatoms. The maximum Gasteiger partial charge on any atom is 0.416 e. The Morgan fingerprint density at radius 1 is 1.29 bits per heavy atom. The van der Waals surface area contributed by atoms with Crippen LogP contribution in [0.5, 0.6) is 0 Å². The second-order valence-electron chi connectivity index (χ2n) is 4.47. The first-order valence-corrected chi connectivity index (χ1v) is 6.88. The zero-order chi connectivity index (χ0) is 16.2. The largest absolute Gasteiger partial charge is 0.416 e. The molecule has 2 unspecified atom stereocenters. The number of Topliss-reactive ketones (excluding diaryl/α,β-unsaturated/α-hetero) is 1. The van der Waals surface area contributed by atoms with Gasteiger partial charge in [-0.15, -0.1) is 0 Å². The lowest BCUT2D eigenvalue weighted by molar-refractivity contribution is -0.137. The van der Waals surface area contributed by atoms with Gasteiger partial charge in [0.25, 0.3) is 0 Å². The number of benzene rings is 1. The fourth-order valence-corrected chi connectivity index (χ4v) is 2.54. The fourth-order valence-electron chi connectivity index (χ4n) is 1.66. The van der Waals surface area contributed by atoms with E-state index < -0.39 is 28.7 Å². The first-order valence-electron chi connectivity index (χ1n) is 6.00. The molecule has 2 atom stereocenters. The smallest absolute Gasteiger partial charge is 0.303 e. The average Bonchev–Trinajstić information content (AvgIpc) is 2.42. The van der Waals surface area contributed by atoms with Gasteiger partial charge in [-0.05, 0) is 12.1 Å². The van der Waals surface area contributed by atoms with Crippen LogP contribution in [0.4, 0.5) is 13.2 Å². The highest BCUT2D eigenvalue weighted by Crippen LogP contribution is 2.31. The number of aldehydes is 1. The summed E-state index contributed by atoms with van der Waals surface area (Å²) in [4.78, 5) is 34.2. The molecule has 1 rings (SSSR count). The van der Waals surface area contributed by atoms with Gasteiger partial charge in [0, 0.05) is 18.4 Å². The van der Waals surface area contributed by atoms with Crippen LogP contribution in [-0.4, -0.2) is 22.4 Å². The van der Waals surface area contributed by atoms with E-state index in [9.17, 15) is 27.6 Å². The Balaban J connectivity index is 3.14. The first kappa shape index (κ1) is 17.4. The van der Waals surface area contributed by atoms with E-state index in [-0.39, 0.29) is 10.7 Å². The summed E-state index contributed by atoms with van der Waals surface area (Å²) in [6.07, 6.45) is -4.05. The Kier molecular flexibility index (Phi) is 5.71. The lowest BCUT2D eigenvalue weighted by atomic mass is 9.98. The second-order valence-corrected chi connectivity index (χ2v) is 5.79. The van der Waals surface area contributed by atoms with Crippen LogP contribution in [0.15, 0.2) is 24.3 Å². The summed E-state index contributed by atoms with van der Waals surface area (Å²) < 4.78 is 37.9. The molecule has 0 amide bonds. The number of ketones is 1. The molecule has 0 saturated heterocycles. The average molecular weight is 318 g/mol. The van der Waals surface area contributed by atoms with Crippen molar-refractivity contribution in [3.63, 3.8) is 0 Å². The minimum atomic E-state index is -4.56. The van der Waals surface area contributed by atoms with Crippen molar-refractivity contribution in [3.8, 4) is 0 Å². The summed E-state index contributed by atoms with van der Waals surface area (Å²) in [5.74, 6) is -1.44. The Morgan fingerprint density at radius 3 is 2.38 bits per heavy atom. The van der Waals surface area contributed by atoms with Gasteiger partial charge in [-0.2, -0.15) is 13.2 Å². The van der Waals surface area contributed by atoms with Gasteiger partial charge in [-0.1, -0.05) is 30.8 Å². The molecule has 0 radical (unpaired) electrons. The van der Waals surface area contributed by atoms with Gasteiger partial charge < -0.3 is 4.79 Å². The quantitative estimate of drug-likeness (QED) is 0.617. The van der Waals surface area contributed by atoms with Gasteiger partial charge in [-0.3, -0.25) is 9.59 Å². The van der Waals surface area contributed by atoms with E-state index in [1.807, 2.05) is 0 Å². The number of carbonyl (C=O) groups excluding carboxylic acids is 3. The van der Waals surface area contributed by atoms with Crippen LogP contribution in [-0.2, 0) is 15.8 Å². The molecule has 1 aromatic rings. The number of hydrogen-bond donors (Lipinski definition) is 0. The van der Waals surface area contributed by atoms with Gasteiger partial charge in [0.1, 0.15) is 6.29 Å². The van der Waals surface area contributed by atoms with Crippen molar-refractivity contribution in [3.05, 3.63) is 35.4 Å². The first-order chi connectivity index (χ1) is 9.66.